The maximum absolute atomic E-state index is 10.6. The number of halogens is 1. The van der Waals surface area contributed by atoms with Crippen LogP contribution in [0.3, 0.4) is 0 Å². The van der Waals surface area contributed by atoms with Gasteiger partial charge in [-0.1, -0.05) is 11.6 Å². The van der Waals surface area contributed by atoms with E-state index in [0.717, 1.165) is 0 Å². The third-order valence-electron chi connectivity index (χ3n) is 1.57. The minimum Gasteiger partial charge on any atom is -0.369 e. The van der Waals surface area contributed by atoms with Gasteiger partial charge in [-0.05, 0) is 6.42 Å². The Hall–Kier alpha value is -0.920. The van der Waals surface area contributed by atoms with E-state index in [2.05, 4.69) is 15.3 Å². The van der Waals surface area contributed by atoms with Crippen LogP contribution < -0.4 is 10.5 Å². The standard InChI is InChI=1S/C7H11ClN4O2S/c8-6-4-10-5-12-7(6)11-2-1-3-15(9,13)14/h4-5H,1-3H2,(H2,9,13,14)(H,10,11,12). The molecule has 0 radical (unpaired) electrons. The third-order valence-corrected chi connectivity index (χ3v) is 2.70. The van der Waals surface area contributed by atoms with Crippen LogP contribution in [0, 0.1) is 0 Å². The average molecular weight is 251 g/mol. The van der Waals surface area contributed by atoms with Crippen LogP contribution in [0.15, 0.2) is 12.5 Å². The molecule has 0 saturated heterocycles. The fraction of sp³-hybridized carbons (Fsp3) is 0.429. The molecule has 0 saturated carbocycles. The first-order chi connectivity index (χ1) is 6.99. The number of rotatable bonds is 5. The highest BCUT2D eigenvalue weighted by Crippen LogP contribution is 2.15. The summed E-state index contributed by atoms with van der Waals surface area (Å²) in [5.74, 6) is 0.420. The second kappa shape index (κ2) is 5.24. The first kappa shape index (κ1) is 12.2. The van der Waals surface area contributed by atoms with Crippen molar-refractivity contribution >= 4 is 27.4 Å². The number of nitrogens with zero attached hydrogens (tertiary/aromatic N) is 2. The molecule has 0 aromatic carbocycles. The fourth-order valence-corrected chi connectivity index (χ4v) is 1.64. The van der Waals surface area contributed by atoms with E-state index < -0.39 is 10.0 Å². The molecular formula is C7H11ClN4O2S. The summed E-state index contributed by atoms with van der Waals surface area (Å²) in [6, 6.07) is 0. The van der Waals surface area contributed by atoms with Gasteiger partial charge >= 0.3 is 0 Å². The van der Waals surface area contributed by atoms with E-state index in [4.69, 9.17) is 16.7 Å². The lowest BCUT2D eigenvalue weighted by Gasteiger charge is -2.05. The van der Waals surface area contributed by atoms with Crippen molar-refractivity contribution in [2.24, 2.45) is 5.14 Å². The highest BCUT2D eigenvalue weighted by molar-refractivity contribution is 7.89. The lowest BCUT2D eigenvalue weighted by molar-refractivity contribution is 0.595. The molecule has 84 valence electrons. The molecular weight excluding hydrogens is 240 g/mol. The molecule has 0 aliphatic rings. The third kappa shape index (κ3) is 4.91. The van der Waals surface area contributed by atoms with Gasteiger partial charge in [0.15, 0.2) is 0 Å². The first-order valence-electron chi connectivity index (χ1n) is 4.19. The highest BCUT2D eigenvalue weighted by Gasteiger charge is 2.03. The summed E-state index contributed by atoms with van der Waals surface area (Å²) in [6.07, 6.45) is 3.21. The predicted octanol–water partition coefficient (Wildman–Crippen LogP) is 0.221. The van der Waals surface area contributed by atoms with Gasteiger partial charge in [-0.3, -0.25) is 0 Å². The van der Waals surface area contributed by atoms with Crippen LogP contribution in [0.25, 0.3) is 0 Å². The summed E-state index contributed by atoms with van der Waals surface area (Å²) < 4.78 is 21.2. The summed E-state index contributed by atoms with van der Waals surface area (Å²) in [7, 11) is -3.39. The van der Waals surface area contributed by atoms with Gasteiger partial charge in [0.25, 0.3) is 0 Å². The topological polar surface area (TPSA) is 98.0 Å². The van der Waals surface area contributed by atoms with Gasteiger partial charge in [-0.2, -0.15) is 0 Å². The Morgan fingerprint density at radius 3 is 2.87 bits per heavy atom. The van der Waals surface area contributed by atoms with E-state index in [1.165, 1.54) is 12.5 Å². The van der Waals surface area contributed by atoms with Crippen molar-refractivity contribution in [2.75, 3.05) is 17.6 Å². The van der Waals surface area contributed by atoms with E-state index in [0.29, 0.717) is 23.8 Å². The normalized spacial score (nSPS) is 11.3. The average Bonchev–Trinajstić information content (AvgIpc) is 2.13. The van der Waals surface area contributed by atoms with Gasteiger partial charge in [0.1, 0.15) is 17.2 Å². The maximum Gasteiger partial charge on any atom is 0.209 e. The van der Waals surface area contributed by atoms with E-state index >= 15 is 0 Å². The molecule has 0 spiro atoms. The zero-order chi connectivity index (χ0) is 11.3. The number of nitrogens with two attached hydrogens (primary N) is 1. The van der Waals surface area contributed by atoms with Crippen LogP contribution in [0.5, 0.6) is 0 Å². The van der Waals surface area contributed by atoms with Crippen LogP contribution in [0.1, 0.15) is 6.42 Å². The molecule has 0 amide bonds. The van der Waals surface area contributed by atoms with Crippen molar-refractivity contribution in [3.8, 4) is 0 Å². The molecule has 0 fully saturated rings. The van der Waals surface area contributed by atoms with Gasteiger partial charge in [0.2, 0.25) is 10.0 Å². The Labute approximate surface area is 92.9 Å². The molecule has 15 heavy (non-hydrogen) atoms. The molecule has 1 aromatic heterocycles. The molecule has 0 aliphatic carbocycles. The van der Waals surface area contributed by atoms with Gasteiger partial charge in [-0.25, -0.2) is 23.5 Å². The molecule has 1 heterocycles. The quantitative estimate of drug-likeness (QED) is 0.729. The summed E-state index contributed by atoms with van der Waals surface area (Å²) in [5.41, 5.74) is 0. The first-order valence-corrected chi connectivity index (χ1v) is 6.28. The van der Waals surface area contributed by atoms with Crippen LogP contribution in [0.2, 0.25) is 5.02 Å². The van der Waals surface area contributed by atoms with Crippen LogP contribution in [0.4, 0.5) is 5.82 Å². The summed E-state index contributed by atoms with van der Waals surface area (Å²) >= 11 is 5.76. The molecule has 8 heteroatoms. The highest BCUT2D eigenvalue weighted by atomic mass is 35.5. The number of hydrogen-bond acceptors (Lipinski definition) is 5. The fourth-order valence-electron chi connectivity index (χ4n) is 0.923. The predicted molar refractivity (Wildman–Crippen MR) is 58.1 cm³/mol. The van der Waals surface area contributed by atoms with Crippen LogP contribution in [-0.2, 0) is 10.0 Å². The van der Waals surface area contributed by atoms with Gasteiger partial charge in [-0.15, -0.1) is 0 Å². The summed E-state index contributed by atoms with van der Waals surface area (Å²) in [5, 5.41) is 8.12. The molecule has 6 nitrogen and oxygen atoms in total. The number of primary sulfonamides is 1. The second-order valence-electron chi connectivity index (χ2n) is 2.87. The Bertz CT molecular complexity index is 423. The molecule has 1 rings (SSSR count). The smallest absolute Gasteiger partial charge is 0.209 e. The monoisotopic (exact) mass is 250 g/mol. The van der Waals surface area contributed by atoms with E-state index in [-0.39, 0.29) is 5.75 Å². The van der Waals surface area contributed by atoms with E-state index in [9.17, 15) is 8.42 Å². The summed E-state index contributed by atoms with van der Waals surface area (Å²) in [4.78, 5) is 7.59. The molecule has 1 aromatic rings. The lowest BCUT2D eigenvalue weighted by atomic mass is 10.4. The SMILES string of the molecule is NS(=O)(=O)CCCNc1ncncc1Cl. The lowest BCUT2D eigenvalue weighted by Crippen LogP contribution is -2.18. The minimum atomic E-state index is -3.39. The molecule has 0 aliphatic heterocycles. The molecule has 3 N–H and O–H groups in total. The van der Waals surface area contributed by atoms with E-state index in [1.807, 2.05) is 0 Å². The van der Waals surface area contributed by atoms with Crippen LogP contribution >= 0.6 is 11.6 Å². The Balaban J connectivity index is 2.36. The number of nitrogens with one attached hydrogen (secondary N) is 1. The second-order valence-corrected chi connectivity index (χ2v) is 5.01. The van der Waals surface area contributed by atoms with Crippen molar-refractivity contribution in [1.29, 1.82) is 0 Å². The van der Waals surface area contributed by atoms with E-state index in [1.54, 1.807) is 0 Å². The largest absolute Gasteiger partial charge is 0.369 e. The maximum atomic E-state index is 10.6. The van der Waals surface area contributed by atoms with Gasteiger partial charge in [0.05, 0.1) is 11.9 Å². The van der Waals surface area contributed by atoms with Crippen molar-refractivity contribution in [1.82, 2.24) is 9.97 Å². The van der Waals surface area contributed by atoms with Gasteiger partial charge < -0.3 is 5.32 Å². The van der Waals surface area contributed by atoms with Crippen molar-refractivity contribution in [3.63, 3.8) is 0 Å². The van der Waals surface area contributed by atoms with Crippen LogP contribution in [-0.4, -0.2) is 30.7 Å². The minimum absolute atomic E-state index is 0.0668. The number of sulfonamides is 1. The van der Waals surface area contributed by atoms with Gasteiger partial charge in [0, 0.05) is 6.54 Å². The van der Waals surface area contributed by atoms with Crippen molar-refractivity contribution in [3.05, 3.63) is 17.5 Å². The zero-order valence-electron chi connectivity index (χ0n) is 7.85. The molecule has 0 atom stereocenters. The Morgan fingerprint density at radius 2 is 2.27 bits per heavy atom. The molecule has 0 bridgehead atoms. The number of anilines is 1. The van der Waals surface area contributed by atoms with Crippen molar-refractivity contribution < 1.29 is 8.42 Å². The van der Waals surface area contributed by atoms with Crippen molar-refractivity contribution in [2.45, 2.75) is 6.42 Å². The Kier molecular flexibility index (Phi) is 4.25. The summed E-state index contributed by atoms with van der Waals surface area (Å²) in [6.45, 7) is 0.438. The number of aromatic nitrogens is 2. The Morgan fingerprint density at radius 1 is 1.53 bits per heavy atom. The number of hydrogen-bond donors (Lipinski definition) is 2. The molecule has 0 unspecified atom stereocenters. The zero-order valence-corrected chi connectivity index (χ0v) is 9.42.